The predicted molar refractivity (Wildman–Crippen MR) is 156 cm³/mol. The number of anilines is 1. The topological polar surface area (TPSA) is 115 Å². The molecule has 7 nitrogen and oxygen atoms in total. The van der Waals surface area contributed by atoms with Crippen molar-refractivity contribution in [3.63, 3.8) is 0 Å². The van der Waals surface area contributed by atoms with Crippen LogP contribution in [0.2, 0.25) is 0 Å². The maximum Gasteiger partial charge on any atom is 0.266 e. The van der Waals surface area contributed by atoms with Crippen LogP contribution in [-0.2, 0) is 14.9 Å². The molecule has 1 aromatic rings. The summed E-state index contributed by atoms with van der Waals surface area (Å²) in [5.74, 6) is 2.14. The molecule has 3 N–H and O–H groups in total. The first-order valence-electron chi connectivity index (χ1n) is 15.5. The molecule has 10 atom stereocenters. The monoisotopic (exact) mass is 575 g/mol. The van der Waals surface area contributed by atoms with Gasteiger partial charge in [-0.2, -0.15) is 8.42 Å². The van der Waals surface area contributed by atoms with Crippen molar-refractivity contribution in [3.8, 4) is 0 Å². The van der Waals surface area contributed by atoms with E-state index in [1.165, 1.54) is 17.7 Å². The van der Waals surface area contributed by atoms with Crippen LogP contribution in [0.1, 0.15) is 85.0 Å². The second kappa shape index (κ2) is 11.3. The maximum atomic E-state index is 13.4. The van der Waals surface area contributed by atoms with Gasteiger partial charge in [-0.1, -0.05) is 39.0 Å². The number of aliphatic hydroxyl groups excluding tert-OH is 2. The zero-order chi connectivity index (χ0) is 28.9. The molecule has 40 heavy (non-hydrogen) atoms. The van der Waals surface area contributed by atoms with Crippen molar-refractivity contribution in [3.05, 3.63) is 30.3 Å². The number of aliphatic hydroxyl groups is 2. The number of amides is 1. The largest absolute Gasteiger partial charge is 0.393 e. The van der Waals surface area contributed by atoms with Crippen molar-refractivity contribution in [2.24, 2.45) is 46.3 Å². The number of para-hydroxylation sites is 1. The molecule has 4 fully saturated rings. The zero-order valence-electron chi connectivity index (χ0n) is 24.4. The molecule has 4 aliphatic carbocycles. The lowest BCUT2D eigenvalue weighted by Crippen LogP contribution is -2.58. The van der Waals surface area contributed by atoms with E-state index < -0.39 is 15.9 Å². The van der Waals surface area contributed by atoms with Gasteiger partial charge in [0.2, 0.25) is 5.91 Å². The molecule has 0 saturated heterocycles. The number of nitrogens with zero attached hydrogens (tertiary/aromatic N) is 1. The third-order valence-corrected chi connectivity index (χ3v) is 13.0. The summed E-state index contributed by atoms with van der Waals surface area (Å²) in [6.45, 7) is 6.89. The number of hydrogen-bond acceptors (Lipinski definition) is 5. The van der Waals surface area contributed by atoms with Crippen LogP contribution in [0, 0.1) is 46.3 Å². The summed E-state index contributed by atoms with van der Waals surface area (Å²) < 4.78 is 32.1. The average Bonchev–Trinajstić information content (AvgIpc) is 3.27. The third kappa shape index (κ3) is 5.50. The molecule has 224 valence electrons. The minimum atomic E-state index is -4.19. The third-order valence-electron chi connectivity index (χ3n) is 12.3. The molecule has 10 unspecified atom stereocenters. The molecular formula is C32H49NO6S. The standard InChI is InChI=1S/C32H49NO6S/c1-21(9-14-30(36)33(17-18-40(37,38)39)23-7-5-4-6-8-23)26-12-13-27-25-11-10-22-19-24(34)15-16-31(22,2)28(25)20-29(35)32(26,27)3/h4-8,21-22,24-29,34-35H,9-20H2,1-3H3,(H,37,38,39). The van der Waals surface area contributed by atoms with Crippen molar-refractivity contribution in [1.29, 1.82) is 0 Å². The zero-order valence-corrected chi connectivity index (χ0v) is 25.2. The summed E-state index contributed by atoms with van der Waals surface area (Å²) in [4.78, 5) is 14.8. The van der Waals surface area contributed by atoms with Gasteiger partial charge in [-0.3, -0.25) is 9.35 Å². The fourth-order valence-corrected chi connectivity index (χ4v) is 10.5. The Morgan fingerprint density at radius 3 is 2.45 bits per heavy atom. The summed E-state index contributed by atoms with van der Waals surface area (Å²) in [7, 11) is -4.19. The van der Waals surface area contributed by atoms with Gasteiger partial charge in [0.1, 0.15) is 0 Å². The van der Waals surface area contributed by atoms with E-state index in [9.17, 15) is 28.0 Å². The number of carbonyl (C=O) groups is 1. The number of carbonyl (C=O) groups excluding carboxylic acids is 1. The second-order valence-corrected chi connectivity index (χ2v) is 15.6. The van der Waals surface area contributed by atoms with Crippen molar-refractivity contribution in [2.45, 2.75) is 97.2 Å². The van der Waals surface area contributed by atoms with E-state index in [-0.39, 0.29) is 41.4 Å². The van der Waals surface area contributed by atoms with Gasteiger partial charge in [-0.05, 0) is 116 Å². The Kier molecular flexibility index (Phi) is 8.48. The summed E-state index contributed by atoms with van der Waals surface area (Å²) >= 11 is 0. The fourth-order valence-electron chi connectivity index (χ4n) is 10.1. The smallest absolute Gasteiger partial charge is 0.266 e. The molecule has 0 aromatic heterocycles. The highest BCUT2D eigenvalue weighted by atomic mass is 32.2. The molecule has 0 spiro atoms. The molecule has 8 heteroatoms. The van der Waals surface area contributed by atoms with Gasteiger partial charge in [-0.15, -0.1) is 0 Å². The van der Waals surface area contributed by atoms with Crippen LogP contribution in [0.15, 0.2) is 30.3 Å². The molecule has 0 radical (unpaired) electrons. The van der Waals surface area contributed by atoms with Gasteiger partial charge in [0.05, 0.1) is 18.0 Å². The molecule has 5 rings (SSSR count). The number of hydrogen-bond donors (Lipinski definition) is 3. The lowest BCUT2D eigenvalue weighted by Gasteiger charge is -2.62. The van der Waals surface area contributed by atoms with Crippen LogP contribution in [0.3, 0.4) is 0 Å². The Balaban J connectivity index is 1.27. The maximum absolute atomic E-state index is 13.4. The minimum absolute atomic E-state index is 0.0855. The first kappa shape index (κ1) is 30.0. The van der Waals surface area contributed by atoms with Crippen molar-refractivity contribution < 1.29 is 28.0 Å². The lowest BCUT2D eigenvalue weighted by molar-refractivity contribution is -0.174. The number of rotatable bonds is 8. The second-order valence-electron chi connectivity index (χ2n) is 14.1. The highest BCUT2D eigenvalue weighted by molar-refractivity contribution is 7.85. The quantitative estimate of drug-likeness (QED) is 0.362. The van der Waals surface area contributed by atoms with E-state index in [1.807, 2.05) is 18.2 Å². The highest BCUT2D eigenvalue weighted by Gasteiger charge is 2.63. The Hall–Kier alpha value is -1.48. The number of fused-ring (bicyclic) bond motifs is 5. The Labute approximate surface area is 240 Å². The molecule has 1 amide bonds. The van der Waals surface area contributed by atoms with Crippen LogP contribution in [-0.4, -0.2) is 53.6 Å². The summed E-state index contributed by atoms with van der Waals surface area (Å²) in [5, 5.41) is 22.1. The summed E-state index contributed by atoms with van der Waals surface area (Å²) in [6.07, 6.45) is 8.74. The summed E-state index contributed by atoms with van der Waals surface area (Å²) in [5.41, 5.74) is 0.680. The summed E-state index contributed by atoms with van der Waals surface area (Å²) in [6, 6.07) is 9.03. The van der Waals surface area contributed by atoms with E-state index in [2.05, 4.69) is 20.8 Å². The first-order valence-corrected chi connectivity index (χ1v) is 17.1. The van der Waals surface area contributed by atoms with Gasteiger partial charge in [0, 0.05) is 18.7 Å². The van der Waals surface area contributed by atoms with E-state index in [1.54, 1.807) is 12.1 Å². The SMILES string of the molecule is CC(CCC(=O)N(CCS(=O)(=O)O)c1ccccc1)C1CCC2C3CCC4CC(O)CCC4(C)C3CC(O)C12C. The first-order chi connectivity index (χ1) is 18.8. The van der Waals surface area contributed by atoms with Crippen molar-refractivity contribution in [1.82, 2.24) is 0 Å². The Morgan fingerprint density at radius 2 is 1.75 bits per heavy atom. The van der Waals surface area contributed by atoms with Crippen LogP contribution in [0.5, 0.6) is 0 Å². The van der Waals surface area contributed by atoms with Crippen LogP contribution in [0.25, 0.3) is 0 Å². The minimum Gasteiger partial charge on any atom is -0.393 e. The van der Waals surface area contributed by atoms with Crippen molar-refractivity contribution in [2.75, 3.05) is 17.2 Å². The van der Waals surface area contributed by atoms with Crippen LogP contribution < -0.4 is 4.90 Å². The van der Waals surface area contributed by atoms with Crippen molar-refractivity contribution >= 4 is 21.7 Å². The van der Waals surface area contributed by atoms with Gasteiger partial charge in [0.25, 0.3) is 10.1 Å². The predicted octanol–water partition coefficient (Wildman–Crippen LogP) is 5.31. The highest BCUT2D eigenvalue weighted by Crippen LogP contribution is 2.68. The van der Waals surface area contributed by atoms with E-state index >= 15 is 0 Å². The molecule has 0 bridgehead atoms. The van der Waals surface area contributed by atoms with Crippen LogP contribution in [0.4, 0.5) is 5.69 Å². The van der Waals surface area contributed by atoms with Crippen LogP contribution >= 0.6 is 0 Å². The molecule has 0 aliphatic heterocycles. The van der Waals surface area contributed by atoms with Gasteiger partial charge >= 0.3 is 0 Å². The Morgan fingerprint density at radius 1 is 1.02 bits per heavy atom. The average molecular weight is 576 g/mol. The molecule has 1 aromatic carbocycles. The van der Waals surface area contributed by atoms with E-state index in [4.69, 9.17) is 0 Å². The van der Waals surface area contributed by atoms with Gasteiger partial charge in [0.15, 0.2) is 0 Å². The van der Waals surface area contributed by atoms with E-state index in [0.29, 0.717) is 48.1 Å². The molecule has 4 saturated carbocycles. The van der Waals surface area contributed by atoms with Gasteiger partial charge < -0.3 is 15.1 Å². The van der Waals surface area contributed by atoms with E-state index in [0.717, 1.165) is 38.5 Å². The van der Waals surface area contributed by atoms with Gasteiger partial charge in [-0.25, -0.2) is 0 Å². The Bertz CT molecular complexity index is 1160. The molecular weight excluding hydrogens is 526 g/mol. The number of benzene rings is 1. The fraction of sp³-hybridized carbons (Fsp3) is 0.781. The normalized spacial score (nSPS) is 40.0. The molecule has 4 aliphatic rings. The lowest BCUT2D eigenvalue weighted by atomic mass is 9.43. The molecule has 0 heterocycles.